The fourth-order valence-corrected chi connectivity index (χ4v) is 3.68. The average Bonchev–Trinajstić information content (AvgIpc) is 2.87. The first-order valence-corrected chi connectivity index (χ1v) is 7.54. The van der Waals surface area contributed by atoms with Gasteiger partial charge in [0.1, 0.15) is 5.54 Å². The lowest BCUT2D eigenvalue weighted by atomic mass is 9.76. The van der Waals surface area contributed by atoms with Gasteiger partial charge in [-0.2, -0.15) is 0 Å². The maximum atomic E-state index is 11.9. The molecule has 19 heavy (non-hydrogen) atoms. The second-order valence-corrected chi connectivity index (χ2v) is 6.64. The third-order valence-corrected chi connectivity index (χ3v) is 4.99. The van der Waals surface area contributed by atoms with Crippen molar-refractivity contribution < 1.29 is 9.53 Å². The van der Waals surface area contributed by atoms with Crippen LogP contribution in [0.5, 0.6) is 0 Å². The van der Waals surface area contributed by atoms with Gasteiger partial charge in [-0.25, -0.2) is 0 Å². The van der Waals surface area contributed by atoms with Crippen LogP contribution in [0.3, 0.4) is 0 Å². The Kier molecular flexibility index (Phi) is 4.51. The predicted octanol–water partition coefficient (Wildman–Crippen LogP) is 1.65. The Morgan fingerprint density at radius 3 is 2.68 bits per heavy atom. The Balaban J connectivity index is 1.97. The highest BCUT2D eigenvalue weighted by atomic mass is 16.5. The minimum atomic E-state index is -0.483. The second kappa shape index (κ2) is 5.80. The molecule has 3 atom stereocenters. The molecule has 0 aromatic carbocycles. The van der Waals surface area contributed by atoms with Gasteiger partial charge in [-0.15, -0.1) is 0 Å². The Hall–Kier alpha value is -0.610. The summed E-state index contributed by atoms with van der Waals surface area (Å²) in [6, 6.07) is 0.638. The van der Waals surface area contributed by atoms with Crippen molar-refractivity contribution in [3.8, 4) is 0 Å². The van der Waals surface area contributed by atoms with Gasteiger partial charge < -0.3 is 15.0 Å². The molecule has 2 aliphatic rings. The van der Waals surface area contributed by atoms with Gasteiger partial charge in [-0.05, 0) is 65.0 Å². The molecular formula is C15H28N2O2. The topological polar surface area (TPSA) is 41.6 Å². The van der Waals surface area contributed by atoms with Crippen molar-refractivity contribution in [2.45, 2.75) is 51.6 Å². The molecule has 2 saturated heterocycles. The summed E-state index contributed by atoms with van der Waals surface area (Å²) in [6.07, 6.45) is 3.37. The molecule has 0 bridgehead atoms. The Morgan fingerprint density at radius 1 is 1.37 bits per heavy atom. The van der Waals surface area contributed by atoms with E-state index in [-0.39, 0.29) is 5.97 Å². The van der Waals surface area contributed by atoms with E-state index in [4.69, 9.17) is 4.74 Å². The average molecular weight is 268 g/mol. The smallest absolute Gasteiger partial charge is 0.325 e. The number of rotatable bonds is 3. The summed E-state index contributed by atoms with van der Waals surface area (Å²) in [7, 11) is 1.48. The second-order valence-electron chi connectivity index (χ2n) is 6.64. The lowest BCUT2D eigenvalue weighted by Crippen LogP contribution is -2.56. The Bertz CT molecular complexity index is 332. The van der Waals surface area contributed by atoms with E-state index in [1.807, 2.05) is 6.92 Å². The van der Waals surface area contributed by atoms with E-state index in [0.717, 1.165) is 18.9 Å². The first-order valence-electron chi connectivity index (χ1n) is 7.54. The number of nitrogens with one attached hydrogen (secondary N) is 1. The molecule has 0 radical (unpaired) electrons. The van der Waals surface area contributed by atoms with Crippen LogP contribution < -0.4 is 5.32 Å². The maximum Gasteiger partial charge on any atom is 0.325 e. The summed E-state index contributed by atoms with van der Waals surface area (Å²) in [6.45, 7) is 9.85. The van der Waals surface area contributed by atoms with Crippen LogP contribution in [-0.2, 0) is 9.53 Å². The largest absolute Gasteiger partial charge is 0.468 e. The van der Waals surface area contributed by atoms with Crippen molar-refractivity contribution in [2.75, 3.05) is 26.7 Å². The van der Waals surface area contributed by atoms with Gasteiger partial charge in [-0.3, -0.25) is 4.79 Å². The number of hydrogen-bond acceptors (Lipinski definition) is 4. The van der Waals surface area contributed by atoms with Crippen LogP contribution in [0.15, 0.2) is 0 Å². The minimum absolute atomic E-state index is 0.115. The number of ether oxygens (including phenoxy) is 1. The molecule has 2 heterocycles. The molecule has 0 spiro atoms. The third kappa shape index (κ3) is 3.11. The van der Waals surface area contributed by atoms with Crippen LogP contribution in [0.2, 0.25) is 0 Å². The fourth-order valence-electron chi connectivity index (χ4n) is 3.68. The predicted molar refractivity (Wildman–Crippen MR) is 76.0 cm³/mol. The third-order valence-electron chi connectivity index (χ3n) is 4.99. The molecule has 0 aromatic heterocycles. The van der Waals surface area contributed by atoms with E-state index in [9.17, 15) is 4.79 Å². The summed E-state index contributed by atoms with van der Waals surface area (Å²) in [5.41, 5.74) is -0.483. The number of piperidine rings is 1. The van der Waals surface area contributed by atoms with E-state index in [1.54, 1.807) is 0 Å². The van der Waals surface area contributed by atoms with Crippen LogP contribution in [0.1, 0.15) is 40.0 Å². The zero-order valence-corrected chi connectivity index (χ0v) is 12.7. The molecule has 2 fully saturated rings. The molecule has 0 aliphatic carbocycles. The number of methoxy groups -OCH3 is 1. The molecule has 0 amide bonds. The van der Waals surface area contributed by atoms with E-state index in [1.165, 1.54) is 33.0 Å². The first-order chi connectivity index (χ1) is 8.96. The van der Waals surface area contributed by atoms with Gasteiger partial charge in [0.15, 0.2) is 0 Å². The molecule has 2 aliphatic heterocycles. The maximum absolute atomic E-state index is 11.9. The highest BCUT2D eigenvalue weighted by Gasteiger charge is 2.42. The van der Waals surface area contributed by atoms with Gasteiger partial charge in [0.05, 0.1) is 7.11 Å². The molecular weight excluding hydrogens is 240 g/mol. The summed E-state index contributed by atoms with van der Waals surface area (Å²) >= 11 is 0. The number of carbonyl (C=O) groups excluding carboxylic acids is 1. The summed E-state index contributed by atoms with van der Waals surface area (Å²) < 4.78 is 4.95. The first kappa shape index (κ1) is 14.8. The number of likely N-dealkylation sites (tertiary alicyclic amines) is 1. The number of nitrogens with zero attached hydrogens (tertiary/aromatic N) is 1. The summed E-state index contributed by atoms with van der Waals surface area (Å²) in [5.74, 6) is 1.28. The number of carbonyl (C=O) groups is 1. The molecule has 4 nitrogen and oxygen atoms in total. The Morgan fingerprint density at radius 2 is 2.11 bits per heavy atom. The van der Waals surface area contributed by atoms with Crippen LogP contribution in [0.25, 0.3) is 0 Å². The monoisotopic (exact) mass is 268 g/mol. The lowest BCUT2D eigenvalue weighted by molar-refractivity contribution is -0.149. The van der Waals surface area contributed by atoms with Gasteiger partial charge >= 0.3 is 5.97 Å². The zero-order valence-electron chi connectivity index (χ0n) is 12.7. The van der Waals surface area contributed by atoms with Crippen molar-refractivity contribution in [1.29, 1.82) is 0 Å². The number of esters is 1. The van der Waals surface area contributed by atoms with E-state index < -0.39 is 5.54 Å². The standard InChI is InChI=1S/C15H28N2O2/c1-11(2)17-8-6-13(10-17)12-5-7-16-15(3,9-12)14(18)19-4/h11-13,16H,5-10H2,1-4H3. The highest BCUT2D eigenvalue weighted by Crippen LogP contribution is 2.35. The van der Waals surface area contributed by atoms with Crippen LogP contribution >= 0.6 is 0 Å². The van der Waals surface area contributed by atoms with Crippen molar-refractivity contribution in [3.05, 3.63) is 0 Å². The summed E-state index contributed by atoms with van der Waals surface area (Å²) in [4.78, 5) is 14.5. The molecule has 1 N–H and O–H groups in total. The lowest BCUT2D eigenvalue weighted by Gasteiger charge is -2.39. The fraction of sp³-hybridized carbons (Fsp3) is 0.933. The minimum Gasteiger partial charge on any atom is -0.468 e. The van der Waals surface area contributed by atoms with E-state index in [0.29, 0.717) is 12.0 Å². The van der Waals surface area contributed by atoms with Crippen molar-refractivity contribution >= 4 is 5.97 Å². The Labute approximate surface area is 116 Å². The normalized spacial score (nSPS) is 36.7. The quantitative estimate of drug-likeness (QED) is 0.790. The van der Waals surface area contributed by atoms with Gasteiger partial charge in [0, 0.05) is 12.6 Å². The SMILES string of the molecule is COC(=O)C1(C)CC(C2CCN(C(C)C)C2)CCN1. The number of hydrogen-bond donors (Lipinski definition) is 1. The summed E-state index contributed by atoms with van der Waals surface area (Å²) in [5, 5.41) is 3.35. The van der Waals surface area contributed by atoms with E-state index in [2.05, 4.69) is 24.1 Å². The molecule has 3 unspecified atom stereocenters. The van der Waals surface area contributed by atoms with Crippen LogP contribution in [-0.4, -0.2) is 49.2 Å². The molecule has 4 heteroatoms. The molecule has 110 valence electrons. The van der Waals surface area contributed by atoms with Crippen molar-refractivity contribution in [2.24, 2.45) is 11.8 Å². The van der Waals surface area contributed by atoms with Crippen molar-refractivity contribution in [1.82, 2.24) is 10.2 Å². The molecule has 0 saturated carbocycles. The molecule has 2 rings (SSSR count). The van der Waals surface area contributed by atoms with Crippen LogP contribution in [0.4, 0.5) is 0 Å². The highest BCUT2D eigenvalue weighted by molar-refractivity contribution is 5.80. The van der Waals surface area contributed by atoms with E-state index >= 15 is 0 Å². The van der Waals surface area contributed by atoms with Gasteiger partial charge in [0.25, 0.3) is 0 Å². The van der Waals surface area contributed by atoms with Crippen molar-refractivity contribution in [3.63, 3.8) is 0 Å². The molecule has 0 aromatic rings. The van der Waals surface area contributed by atoms with Crippen LogP contribution in [0, 0.1) is 11.8 Å². The zero-order chi connectivity index (χ0) is 14.0. The van der Waals surface area contributed by atoms with Gasteiger partial charge in [0.2, 0.25) is 0 Å². The van der Waals surface area contributed by atoms with Gasteiger partial charge in [-0.1, -0.05) is 0 Å².